The average Bonchev–Trinajstić information content (AvgIpc) is 3.58. The Balaban J connectivity index is 1.14. The molecule has 0 spiro atoms. The third kappa shape index (κ3) is 6.93. The molecule has 1 aliphatic heterocycles. The molecule has 0 unspecified atom stereocenters. The van der Waals surface area contributed by atoms with Gasteiger partial charge in [0.2, 0.25) is 17.6 Å². The lowest BCUT2D eigenvalue weighted by atomic mass is 9.46. The van der Waals surface area contributed by atoms with Gasteiger partial charge in [-0.2, -0.15) is 0 Å². The summed E-state index contributed by atoms with van der Waals surface area (Å²) < 4.78 is 19.4. The van der Waals surface area contributed by atoms with Gasteiger partial charge < -0.3 is 30.0 Å². The molecule has 1 saturated heterocycles. The van der Waals surface area contributed by atoms with Crippen LogP contribution in [0.4, 0.5) is 5.69 Å². The van der Waals surface area contributed by atoms with Crippen molar-refractivity contribution >= 4 is 34.9 Å². The number of Topliss-reactive ketones (excluding diaryl/α,β-unsaturated/α-hetero) is 2. The molecule has 5 aliphatic rings. The lowest BCUT2D eigenvalue weighted by Crippen LogP contribution is -2.63. The van der Waals surface area contributed by atoms with E-state index in [2.05, 4.69) is 31.4 Å². The standard InChI is InChI=1S/C42H56N2O9/c1-8-9-36-52-35-20-31-30-15-10-26-19-28(46)16-17-40(26,6)37(30)33(48)21-41(31,7)42(35,53-36)34(49)22-51-29-13-11-27(12-14-29)44-39(50)24(4)18-32(47)38(23(2)3)43-25(5)45/h11-14,16-17,19,23-24,30-31,33,35-38,48H,8-10,15,18,20-22H2,1-7H3,(H,43,45)(H,44,50)/t24-,30+,31+,33+,35-,36-,37-,38+,40+,41+,42-/m1/s1. The van der Waals surface area contributed by atoms with E-state index in [4.69, 9.17) is 14.2 Å². The van der Waals surface area contributed by atoms with Crippen LogP contribution in [0.15, 0.2) is 48.1 Å². The van der Waals surface area contributed by atoms with Gasteiger partial charge in [0.25, 0.3) is 0 Å². The molecular weight excluding hydrogens is 676 g/mol. The van der Waals surface area contributed by atoms with E-state index >= 15 is 0 Å². The topological polar surface area (TPSA) is 157 Å². The number of hydrogen-bond donors (Lipinski definition) is 3. The largest absolute Gasteiger partial charge is 0.486 e. The van der Waals surface area contributed by atoms with Crippen molar-refractivity contribution in [1.29, 1.82) is 0 Å². The Morgan fingerprint density at radius 2 is 1.81 bits per heavy atom. The Morgan fingerprint density at radius 1 is 1.09 bits per heavy atom. The van der Waals surface area contributed by atoms with Crippen LogP contribution in [0, 0.1) is 40.4 Å². The third-order valence-corrected chi connectivity index (χ3v) is 13.0. The van der Waals surface area contributed by atoms with E-state index in [1.54, 1.807) is 43.3 Å². The van der Waals surface area contributed by atoms with Crippen LogP contribution in [0.1, 0.15) is 93.4 Å². The minimum Gasteiger partial charge on any atom is -0.486 e. The SMILES string of the molecule is CCC[C@@H]1O[C@@H]2C[C@H]3[C@@H]4CCC5=CC(=O)C=C[C@]5(C)[C@H]4[C@@H](O)C[C@]3(C)[C@]2(C(=O)COc2ccc(NC(=O)[C@H](C)CC(=O)[C@@H](NC(C)=O)C(C)C)cc2)O1. The lowest BCUT2D eigenvalue weighted by Gasteiger charge is -2.59. The predicted octanol–water partition coefficient (Wildman–Crippen LogP) is 5.50. The number of amides is 2. The van der Waals surface area contributed by atoms with Gasteiger partial charge in [0.15, 0.2) is 23.5 Å². The number of benzene rings is 1. The molecule has 11 atom stereocenters. The van der Waals surface area contributed by atoms with E-state index in [1.165, 1.54) is 6.92 Å². The van der Waals surface area contributed by atoms with Gasteiger partial charge in [0, 0.05) is 41.7 Å². The molecule has 0 radical (unpaired) electrons. The lowest BCUT2D eigenvalue weighted by molar-refractivity contribution is -0.200. The summed E-state index contributed by atoms with van der Waals surface area (Å²) in [5.74, 6) is -1.22. The van der Waals surface area contributed by atoms with Crippen LogP contribution in [-0.4, -0.2) is 71.0 Å². The molecule has 3 saturated carbocycles. The normalized spacial score (nSPS) is 35.3. The summed E-state index contributed by atoms with van der Waals surface area (Å²) in [6.07, 6.45) is 7.75. The summed E-state index contributed by atoms with van der Waals surface area (Å²) in [4.78, 5) is 64.2. The molecule has 53 heavy (non-hydrogen) atoms. The number of carbonyl (C=O) groups is 5. The zero-order valence-electron chi connectivity index (χ0n) is 32.1. The van der Waals surface area contributed by atoms with Crippen LogP contribution in [0.25, 0.3) is 0 Å². The molecule has 11 nitrogen and oxygen atoms in total. The number of nitrogens with one attached hydrogen (secondary N) is 2. The van der Waals surface area contributed by atoms with E-state index in [0.717, 1.165) is 24.8 Å². The van der Waals surface area contributed by atoms with E-state index in [-0.39, 0.29) is 65.9 Å². The summed E-state index contributed by atoms with van der Waals surface area (Å²) in [7, 11) is 0. The third-order valence-electron chi connectivity index (χ3n) is 13.0. The van der Waals surface area contributed by atoms with Crippen molar-refractivity contribution in [1.82, 2.24) is 5.32 Å². The fourth-order valence-electron chi connectivity index (χ4n) is 10.5. The maximum absolute atomic E-state index is 14.6. The molecular formula is C42H56N2O9. The van der Waals surface area contributed by atoms with Crippen LogP contribution < -0.4 is 15.4 Å². The summed E-state index contributed by atoms with van der Waals surface area (Å²) in [5, 5.41) is 17.5. The van der Waals surface area contributed by atoms with Gasteiger partial charge >= 0.3 is 0 Å². The molecule has 288 valence electrons. The molecule has 0 bridgehead atoms. The Kier molecular flexibility index (Phi) is 11.0. The number of rotatable bonds is 13. The van der Waals surface area contributed by atoms with Crippen molar-refractivity contribution in [2.75, 3.05) is 11.9 Å². The smallest absolute Gasteiger partial charge is 0.227 e. The number of hydrogen-bond acceptors (Lipinski definition) is 9. The average molecular weight is 733 g/mol. The van der Waals surface area contributed by atoms with Crippen LogP contribution in [0.5, 0.6) is 5.75 Å². The molecule has 1 aromatic carbocycles. The first-order chi connectivity index (χ1) is 25.0. The minimum atomic E-state index is -1.28. The first-order valence-electron chi connectivity index (χ1n) is 19.4. The number of anilines is 1. The van der Waals surface area contributed by atoms with Crippen molar-refractivity contribution < 1.29 is 43.3 Å². The Hall–Kier alpha value is -3.67. The molecule has 0 aromatic heterocycles. The van der Waals surface area contributed by atoms with Gasteiger partial charge in [-0.05, 0) is 86.3 Å². The molecule has 1 aromatic rings. The van der Waals surface area contributed by atoms with Gasteiger partial charge in [0.05, 0.1) is 18.2 Å². The molecule has 4 fully saturated rings. The monoisotopic (exact) mass is 732 g/mol. The first kappa shape index (κ1) is 39.0. The van der Waals surface area contributed by atoms with E-state index in [9.17, 15) is 29.1 Å². The number of aliphatic hydroxyl groups is 1. The number of fused-ring (bicyclic) bond motifs is 7. The van der Waals surface area contributed by atoms with Crippen molar-refractivity contribution in [2.45, 2.75) is 124 Å². The van der Waals surface area contributed by atoms with Crippen LogP contribution >= 0.6 is 0 Å². The van der Waals surface area contributed by atoms with Gasteiger partial charge in [0.1, 0.15) is 12.4 Å². The van der Waals surface area contributed by atoms with Gasteiger partial charge in [-0.1, -0.05) is 59.6 Å². The molecule has 2 amide bonds. The maximum Gasteiger partial charge on any atom is 0.227 e. The second kappa shape index (κ2) is 14.9. The van der Waals surface area contributed by atoms with Crippen molar-refractivity contribution in [2.24, 2.45) is 40.4 Å². The Bertz CT molecular complexity index is 1680. The number of allylic oxidation sites excluding steroid dienone is 4. The van der Waals surface area contributed by atoms with Crippen molar-refractivity contribution in [3.63, 3.8) is 0 Å². The first-order valence-corrected chi connectivity index (χ1v) is 19.4. The maximum atomic E-state index is 14.6. The number of aliphatic hydroxyl groups excluding tert-OH is 1. The second-order valence-electron chi connectivity index (χ2n) is 16.9. The number of carbonyl (C=O) groups excluding carboxylic acids is 5. The molecule has 4 aliphatic carbocycles. The Morgan fingerprint density at radius 3 is 2.47 bits per heavy atom. The molecule has 3 N–H and O–H groups in total. The van der Waals surface area contributed by atoms with Crippen LogP contribution in [-0.2, 0) is 33.4 Å². The van der Waals surface area contributed by atoms with E-state index in [0.29, 0.717) is 30.7 Å². The summed E-state index contributed by atoms with van der Waals surface area (Å²) in [5.41, 5.74) is -0.813. The fourth-order valence-corrected chi connectivity index (χ4v) is 10.5. The van der Waals surface area contributed by atoms with Crippen molar-refractivity contribution in [3.8, 4) is 5.75 Å². The Labute approximate surface area is 312 Å². The van der Waals surface area contributed by atoms with Gasteiger partial charge in [-0.3, -0.25) is 24.0 Å². The second-order valence-corrected chi connectivity index (χ2v) is 16.9. The molecule has 6 rings (SSSR count). The van der Waals surface area contributed by atoms with E-state index in [1.807, 2.05) is 19.9 Å². The van der Waals surface area contributed by atoms with Crippen LogP contribution in [0.3, 0.4) is 0 Å². The highest BCUT2D eigenvalue weighted by atomic mass is 16.7. The van der Waals surface area contributed by atoms with Gasteiger partial charge in [-0.25, -0.2) is 0 Å². The predicted molar refractivity (Wildman–Crippen MR) is 198 cm³/mol. The molecule has 11 heteroatoms. The quantitative estimate of drug-likeness (QED) is 0.238. The summed E-state index contributed by atoms with van der Waals surface area (Å²) >= 11 is 0. The minimum absolute atomic E-state index is 0.00661. The van der Waals surface area contributed by atoms with Crippen LogP contribution in [0.2, 0.25) is 0 Å². The highest BCUT2D eigenvalue weighted by Crippen LogP contribution is 2.69. The van der Waals surface area contributed by atoms with E-state index < -0.39 is 46.9 Å². The molecule has 1 heterocycles. The number of ether oxygens (including phenoxy) is 3. The van der Waals surface area contributed by atoms with Gasteiger partial charge in [-0.15, -0.1) is 0 Å². The number of ketones is 3. The highest BCUT2D eigenvalue weighted by molar-refractivity contribution is 6.01. The zero-order chi connectivity index (χ0) is 38.5. The summed E-state index contributed by atoms with van der Waals surface area (Å²) in [6.45, 7) is 12.8. The zero-order valence-corrected chi connectivity index (χ0v) is 32.1. The highest BCUT2D eigenvalue weighted by Gasteiger charge is 2.75. The summed E-state index contributed by atoms with van der Waals surface area (Å²) in [6, 6.07) is 6.05. The van der Waals surface area contributed by atoms with Crippen molar-refractivity contribution in [3.05, 3.63) is 48.1 Å². The fraction of sp³-hybridized carbons (Fsp3) is 0.643.